The highest BCUT2D eigenvalue weighted by Crippen LogP contribution is 2.23. The Hall–Kier alpha value is -2.25. The number of nitrogens with zero attached hydrogens (tertiary/aromatic N) is 2. The van der Waals surface area contributed by atoms with Crippen LogP contribution in [-0.4, -0.2) is 18.8 Å². The lowest BCUT2D eigenvalue weighted by atomic mass is 10.2. The zero-order valence-corrected chi connectivity index (χ0v) is 8.48. The Bertz CT molecular complexity index is 444. The van der Waals surface area contributed by atoms with Gasteiger partial charge in [0.15, 0.2) is 11.6 Å². The number of alkyl halides is 2. The summed E-state index contributed by atoms with van der Waals surface area (Å²) in [6.07, 6.45) is 1.00. The third-order valence-electron chi connectivity index (χ3n) is 1.57. The lowest BCUT2D eigenvalue weighted by Crippen LogP contribution is -2.21. The van der Waals surface area contributed by atoms with E-state index < -0.39 is 18.2 Å². The summed E-state index contributed by atoms with van der Waals surface area (Å²) in [4.78, 5) is 0. The predicted octanol–water partition coefficient (Wildman–Crippen LogP) is 1.03. The van der Waals surface area contributed by atoms with Crippen molar-refractivity contribution in [3.63, 3.8) is 0 Å². The lowest BCUT2D eigenvalue weighted by molar-refractivity contribution is -0.0522. The van der Waals surface area contributed by atoms with Gasteiger partial charge in [0.25, 0.3) is 0 Å². The van der Waals surface area contributed by atoms with Crippen LogP contribution in [0.1, 0.15) is 5.56 Å². The second kappa shape index (κ2) is 5.73. The van der Waals surface area contributed by atoms with Crippen LogP contribution in [0, 0.1) is 5.82 Å². The number of para-hydroxylation sites is 1. The molecule has 0 aliphatic heterocycles. The summed E-state index contributed by atoms with van der Waals surface area (Å²) >= 11 is 0. The van der Waals surface area contributed by atoms with Gasteiger partial charge in [-0.2, -0.15) is 13.9 Å². The van der Waals surface area contributed by atoms with Gasteiger partial charge in [0.05, 0.1) is 6.21 Å². The monoisotopic (exact) mass is 246 g/mol. The largest absolute Gasteiger partial charge is 0.431 e. The van der Waals surface area contributed by atoms with Crippen molar-refractivity contribution in [1.29, 1.82) is 0 Å². The Morgan fingerprint density at radius 3 is 2.65 bits per heavy atom. The van der Waals surface area contributed by atoms with E-state index in [2.05, 4.69) is 14.9 Å². The van der Waals surface area contributed by atoms with Crippen LogP contribution in [0.5, 0.6) is 5.75 Å². The van der Waals surface area contributed by atoms with Gasteiger partial charge in [-0.15, -0.1) is 5.10 Å². The number of nitrogens with two attached hydrogens (primary N) is 2. The molecule has 8 heteroatoms. The van der Waals surface area contributed by atoms with E-state index in [1.165, 1.54) is 12.1 Å². The summed E-state index contributed by atoms with van der Waals surface area (Å²) in [5.74, 6) is -1.86. The molecule has 92 valence electrons. The van der Waals surface area contributed by atoms with Crippen molar-refractivity contribution in [2.45, 2.75) is 6.61 Å². The molecule has 0 saturated carbocycles. The van der Waals surface area contributed by atoms with Crippen LogP contribution in [0.4, 0.5) is 13.2 Å². The van der Waals surface area contributed by atoms with Gasteiger partial charge in [-0.05, 0) is 12.1 Å². The second-order valence-electron chi connectivity index (χ2n) is 2.81. The zero-order valence-electron chi connectivity index (χ0n) is 8.48. The molecule has 0 fully saturated rings. The molecule has 1 aromatic rings. The average Bonchev–Trinajstić information content (AvgIpc) is 2.22. The molecule has 5 nitrogen and oxygen atoms in total. The maximum Gasteiger partial charge on any atom is 0.387 e. The summed E-state index contributed by atoms with van der Waals surface area (Å²) in [5.41, 5.74) is 9.98. The molecule has 1 rings (SSSR count). The van der Waals surface area contributed by atoms with Crippen LogP contribution >= 0.6 is 0 Å². The van der Waals surface area contributed by atoms with Gasteiger partial charge >= 0.3 is 6.61 Å². The van der Waals surface area contributed by atoms with E-state index in [4.69, 9.17) is 11.5 Å². The van der Waals surface area contributed by atoms with Crippen LogP contribution in [0.25, 0.3) is 0 Å². The Morgan fingerprint density at radius 2 is 2.06 bits per heavy atom. The van der Waals surface area contributed by atoms with E-state index in [0.29, 0.717) is 0 Å². The molecule has 0 saturated heterocycles. The van der Waals surface area contributed by atoms with Gasteiger partial charge in [0, 0.05) is 5.56 Å². The standard InChI is InChI=1S/C9H9F3N4O/c10-6-3-1-2-5(4-15-16-9(13)14)7(6)17-8(11)12/h1-4,8H,(H4,13,14,16). The maximum absolute atomic E-state index is 13.2. The van der Waals surface area contributed by atoms with Crippen LogP contribution in [0.2, 0.25) is 0 Å². The van der Waals surface area contributed by atoms with E-state index in [9.17, 15) is 13.2 Å². The third kappa shape index (κ3) is 4.01. The summed E-state index contributed by atoms with van der Waals surface area (Å²) in [7, 11) is 0. The molecule has 0 unspecified atom stereocenters. The Labute approximate surface area is 94.6 Å². The normalized spacial score (nSPS) is 10.8. The molecule has 0 aliphatic carbocycles. The van der Waals surface area contributed by atoms with Gasteiger partial charge in [0.2, 0.25) is 5.96 Å². The van der Waals surface area contributed by atoms with Crippen molar-refractivity contribution in [2.75, 3.05) is 0 Å². The molecule has 0 spiro atoms. The minimum Gasteiger partial charge on any atom is -0.431 e. The van der Waals surface area contributed by atoms with Gasteiger partial charge in [-0.25, -0.2) is 4.39 Å². The molecule has 4 N–H and O–H groups in total. The fourth-order valence-electron chi connectivity index (χ4n) is 0.998. The van der Waals surface area contributed by atoms with E-state index in [1.54, 1.807) is 0 Å². The number of ether oxygens (including phenoxy) is 1. The highest BCUT2D eigenvalue weighted by Gasteiger charge is 2.13. The minimum absolute atomic E-state index is 0.00435. The van der Waals surface area contributed by atoms with Gasteiger partial charge in [0.1, 0.15) is 0 Å². The highest BCUT2D eigenvalue weighted by atomic mass is 19.3. The fraction of sp³-hybridized carbons (Fsp3) is 0.111. The quantitative estimate of drug-likeness (QED) is 0.472. The fourth-order valence-corrected chi connectivity index (χ4v) is 0.998. The van der Waals surface area contributed by atoms with Gasteiger partial charge in [-0.1, -0.05) is 6.07 Å². The van der Waals surface area contributed by atoms with Crippen LogP contribution < -0.4 is 16.2 Å². The molecule has 0 heterocycles. The Kier molecular flexibility index (Phi) is 4.32. The van der Waals surface area contributed by atoms with E-state index in [-0.39, 0.29) is 11.5 Å². The number of benzene rings is 1. The summed E-state index contributed by atoms with van der Waals surface area (Å²) in [5, 5.41) is 6.62. The van der Waals surface area contributed by atoms with Crippen LogP contribution in [0.3, 0.4) is 0 Å². The molecule has 0 amide bonds. The summed E-state index contributed by atoms with van der Waals surface area (Å²) in [6.45, 7) is -3.14. The zero-order chi connectivity index (χ0) is 12.8. The molecule has 0 aliphatic rings. The lowest BCUT2D eigenvalue weighted by Gasteiger charge is -2.07. The maximum atomic E-state index is 13.2. The number of guanidine groups is 1. The van der Waals surface area contributed by atoms with Crippen molar-refractivity contribution in [3.8, 4) is 5.75 Å². The van der Waals surface area contributed by atoms with E-state index >= 15 is 0 Å². The number of hydrogen-bond acceptors (Lipinski definition) is 3. The molecule has 0 aromatic heterocycles. The first-order valence-corrected chi connectivity index (χ1v) is 4.36. The second-order valence-corrected chi connectivity index (χ2v) is 2.81. The van der Waals surface area contributed by atoms with Crippen molar-refractivity contribution < 1.29 is 17.9 Å². The summed E-state index contributed by atoms with van der Waals surface area (Å²) in [6, 6.07) is 3.62. The highest BCUT2D eigenvalue weighted by molar-refractivity contribution is 5.84. The van der Waals surface area contributed by atoms with Crippen LogP contribution in [-0.2, 0) is 0 Å². The predicted molar refractivity (Wildman–Crippen MR) is 56.4 cm³/mol. The first kappa shape index (κ1) is 12.8. The Balaban J connectivity index is 3.02. The molecule has 17 heavy (non-hydrogen) atoms. The molecule has 0 atom stereocenters. The molecule has 1 aromatic carbocycles. The molecule has 0 radical (unpaired) electrons. The smallest absolute Gasteiger partial charge is 0.387 e. The van der Waals surface area contributed by atoms with E-state index in [0.717, 1.165) is 12.3 Å². The topological polar surface area (TPSA) is 86.0 Å². The molecular formula is C9H9F3N4O. The first-order valence-electron chi connectivity index (χ1n) is 4.36. The van der Waals surface area contributed by atoms with E-state index in [1.807, 2.05) is 0 Å². The first-order chi connectivity index (χ1) is 8.00. The Morgan fingerprint density at radius 1 is 1.35 bits per heavy atom. The van der Waals surface area contributed by atoms with Gasteiger partial charge in [-0.3, -0.25) is 0 Å². The molecular weight excluding hydrogens is 237 g/mol. The molecule has 0 bridgehead atoms. The number of hydrogen-bond donors (Lipinski definition) is 2. The average molecular weight is 246 g/mol. The van der Waals surface area contributed by atoms with Crippen molar-refractivity contribution in [2.24, 2.45) is 21.7 Å². The van der Waals surface area contributed by atoms with Crippen molar-refractivity contribution >= 4 is 12.2 Å². The van der Waals surface area contributed by atoms with Crippen molar-refractivity contribution in [3.05, 3.63) is 29.6 Å². The third-order valence-corrected chi connectivity index (χ3v) is 1.57. The summed E-state index contributed by atoms with van der Waals surface area (Å²) < 4.78 is 41.3. The SMILES string of the molecule is NC(N)=NN=Cc1cccc(F)c1OC(F)F. The van der Waals surface area contributed by atoms with Crippen molar-refractivity contribution in [1.82, 2.24) is 0 Å². The number of rotatable bonds is 4. The van der Waals surface area contributed by atoms with Gasteiger partial charge < -0.3 is 16.2 Å². The van der Waals surface area contributed by atoms with Crippen LogP contribution in [0.15, 0.2) is 28.4 Å². The minimum atomic E-state index is -3.14. The number of halogens is 3.